The van der Waals surface area contributed by atoms with Crippen LogP contribution in [0.15, 0.2) is 22.8 Å². The molecule has 0 aliphatic carbocycles. The van der Waals surface area contributed by atoms with Crippen LogP contribution < -0.4 is 0 Å². The minimum atomic E-state index is -1.17. The lowest BCUT2D eigenvalue weighted by molar-refractivity contribution is -0.148. The van der Waals surface area contributed by atoms with Gasteiger partial charge in [-0.2, -0.15) is 0 Å². The zero-order valence-electron chi connectivity index (χ0n) is 9.98. The molecule has 7 heteroatoms. The van der Waals surface area contributed by atoms with Crippen LogP contribution in [0, 0.1) is 5.92 Å². The first-order valence-corrected chi connectivity index (χ1v) is 5.76. The van der Waals surface area contributed by atoms with Gasteiger partial charge in [-0.25, -0.2) is 4.79 Å². The number of nitrogens with zero attached hydrogens (tertiary/aromatic N) is 1. The lowest BCUT2D eigenvalue weighted by Gasteiger charge is -2.23. The third-order valence-corrected chi connectivity index (χ3v) is 3.14. The summed E-state index contributed by atoms with van der Waals surface area (Å²) >= 11 is 0. The molecular weight excluding hydrogens is 254 g/mol. The number of furan rings is 1. The lowest BCUT2D eigenvalue weighted by Crippen LogP contribution is -2.44. The number of carboxylic acids is 2. The summed E-state index contributed by atoms with van der Waals surface area (Å²) in [5.74, 6) is -3.11. The fraction of sp³-hybridized carbons (Fsp3) is 0.417. The van der Waals surface area contributed by atoms with Gasteiger partial charge in [-0.1, -0.05) is 0 Å². The van der Waals surface area contributed by atoms with Crippen molar-refractivity contribution in [3.05, 3.63) is 24.2 Å². The van der Waals surface area contributed by atoms with E-state index in [1.165, 1.54) is 6.26 Å². The maximum absolute atomic E-state index is 11.7. The van der Waals surface area contributed by atoms with Crippen molar-refractivity contribution >= 4 is 17.8 Å². The molecule has 1 aliphatic rings. The molecule has 2 unspecified atom stereocenters. The van der Waals surface area contributed by atoms with Crippen LogP contribution in [0.3, 0.4) is 0 Å². The Morgan fingerprint density at radius 1 is 1.47 bits per heavy atom. The van der Waals surface area contributed by atoms with E-state index in [4.69, 9.17) is 9.52 Å². The summed E-state index contributed by atoms with van der Waals surface area (Å²) < 4.78 is 5.07. The van der Waals surface area contributed by atoms with Gasteiger partial charge >= 0.3 is 11.9 Å². The Morgan fingerprint density at radius 3 is 2.68 bits per heavy atom. The third-order valence-electron chi connectivity index (χ3n) is 3.14. The Labute approximate surface area is 108 Å². The standard InChI is InChI=1S/C12H13NO6/c14-10-4-7(11(15)16)6-13(10)9(12(17)18)5-8-2-1-3-19-8/h1-3,7,9H,4-6H2,(H,15,16)(H,17,18). The van der Waals surface area contributed by atoms with Crippen LogP contribution in [0.4, 0.5) is 0 Å². The zero-order valence-corrected chi connectivity index (χ0v) is 9.98. The number of rotatable bonds is 5. The molecule has 102 valence electrons. The van der Waals surface area contributed by atoms with Crippen LogP contribution in [0.2, 0.25) is 0 Å². The van der Waals surface area contributed by atoms with Gasteiger partial charge in [0.05, 0.1) is 12.2 Å². The van der Waals surface area contributed by atoms with E-state index in [2.05, 4.69) is 0 Å². The van der Waals surface area contributed by atoms with Crippen molar-refractivity contribution in [1.82, 2.24) is 4.90 Å². The first-order valence-electron chi connectivity index (χ1n) is 5.76. The van der Waals surface area contributed by atoms with Crippen molar-refractivity contribution in [1.29, 1.82) is 0 Å². The van der Waals surface area contributed by atoms with Crippen molar-refractivity contribution in [2.45, 2.75) is 18.9 Å². The van der Waals surface area contributed by atoms with E-state index in [0.29, 0.717) is 5.76 Å². The van der Waals surface area contributed by atoms with Crippen molar-refractivity contribution < 1.29 is 29.0 Å². The molecular formula is C12H13NO6. The first kappa shape index (κ1) is 13.1. The highest BCUT2D eigenvalue weighted by atomic mass is 16.4. The lowest BCUT2D eigenvalue weighted by atomic mass is 10.1. The summed E-state index contributed by atoms with van der Waals surface area (Å²) in [4.78, 5) is 34.9. The molecule has 1 aliphatic heterocycles. The van der Waals surface area contributed by atoms with E-state index in [9.17, 15) is 19.5 Å². The summed E-state index contributed by atoms with van der Waals surface area (Å²) in [5, 5.41) is 18.1. The van der Waals surface area contributed by atoms with Gasteiger partial charge in [-0.05, 0) is 12.1 Å². The monoisotopic (exact) mass is 267 g/mol. The molecule has 0 spiro atoms. The maximum atomic E-state index is 11.7. The SMILES string of the molecule is O=C(O)C1CC(=O)N(C(Cc2ccco2)C(=O)O)C1. The van der Waals surface area contributed by atoms with E-state index < -0.39 is 29.8 Å². The van der Waals surface area contributed by atoms with Crippen LogP contribution in [0.25, 0.3) is 0 Å². The highest BCUT2D eigenvalue weighted by Crippen LogP contribution is 2.22. The van der Waals surface area contributed by atoms with Gasteiger partial charge < -0.3 is 19.5 Å². The van der Waals surface area contributed by atoms with Crippen LogP contribution in [0.5, 0.6) is 0 Å². The quantitative estimate of drug-likeness (QED) is 0.789. The number of amides is 1. The minimum Gasteiger partial charge on any atom is -0.481 e. The van der Waals surface area contributed by atoms with E-state index >= 15 is 0 Å². The van der Waals surface area contributed by atoms with Gasteiger partial charge in [0.25, 0.3) is 0 Å². The molecule has 1 aromatic rings. The average molecular weight is 267 g/mol. The molecule has 1 fully saturated rings. The maximum Gasteiger partial charge on any atom is 0.326 e. The highest BCUT2D eigenvalue weighted by Gasteiger charge is 2.40. The number of hydrogen-bond donors (Lipinski definition) is 2. The van der Waals surface area contributed by atoms with Gasteiger partial charge in [-0.3, -0.25) is 9.59 Å². The molecule has 7 nitrogen and oxygen atoms in total. The number of carbonyl (C=O) groups is 3. The van der Waals surface area contributed by atoms with Crippen LogP contribution >= 0.6 is 0 Å². The Kier molecular flexibility index (Phi) is 3.55. The van der Waals surface area contributed by atoms with Crippen LogP contribution in [-0.2, 0) is 20.8 Å². The second-order valence-corrected chi connectivity index (χ2v) is 4.42. The molecule has 2 atom stereocenters. The number of hydrogen-bond acceptors (Lipinski definition) is 4. The van der Waals surface area contributed by atoms with Crippen LogP contribution in [-0.4, -0.2) is 45.5 Å². The van der Waals surface area contributed by atoms with Crippen molar-refractivity contribution in [3.8, 4) is 0 Å². The first-order chi connectivity index (χ1) is 8.99. The topological polar surface area (TPSA) is 108 Å². The largest absolute Gasteiger partial charge is 0.481 e. The number of carbonyl (C=O) groups excluding carboxylic acids is 1. The average Bonchev–Trinajstić information content (AvgIpc) is 2.95. The Hall–Kier alpha value is -2.31. The fourth-order valence-electron chi connectivity index (χ4n) is 2.15. The Bertz CT molecular complexity index is 494. The van der Waals surface area contributed by atoms with E-state index in [1.807, 2.05) is 0 Å². The summed E-state index contributed by atoms with van der Waals surface area (Å²) in [5.41, 5.74) is 0. The molecule has 0 saturated carbocycles. The summed E-state index contributed by atoms with van der Waals surface area (Å²) in [6.45, 7) is -0.0775. The predicted octanol–water partition coefficient (Wildman–Crippen LogP) is 0.208. The van der Waals surface area contributed by atoms with Crippen molar-refractivity contribution in [2.75, 3.05) is 6.54 Å². The van der Waals surface area contributed by atoms with Gasteiger partial charge in [0.2, 0.25) is 5.91 Å². The Balaban J connectivity index is 2.13. The second kappa shape index (κ2) is 5.13. The molecule has 0 radical (unpaired) electrons. The summed E-state index contributed by atoms with van der Waals surface area (Å²) in [6, 6.07) is 2.15. The number of aliphatic carboxylic acids is 2. The molecule has 1 aromatic heterocycles. The van der Waals surface area contributed by atoms with E-state index in [-0.39, 0.29) is 19.4 Å². The van der Waals surface area contributed by atoms with Crippen molar-refractivity contribution in [2.24, 2.45) is 5.92 Å². The van der Waals surface area contributed by atoms with Gasteiger partial charge in [0.15, 0.2) is 0 Å². The molecule has 1 saturated heterocycles. The third kappa shape index (κ3) is 2.75. The van der Waals surface area contributed by atoms with Gasteiger partial charge in [0, 0.05) is 19.4 Å². The fourth-order valence-corrected chi connectivity index (χ4v) is 2.15. The minimum absolute atomic E-state index is 0.0282. The second-order valence-electron chi connectivity index (χ2n) is 4.42. The smallest absolute Gasteiger partial charge is 0.326 e. The molecule has 0 aromatic carbocycles. The summed E-state index contributed by atoms with van der Waals surface area (Å²) in [7, 11) is 0. The molecule has 2 rings (SSSR count). The number of likely N-dealkylation sites (tertiary alicyclic amines) is 1. The van der Waals surface area contributed by atoms with Gasteiger partial charge in [0.1, 0.15) is 11.8 Å². The molecule has 19 heavy (non-hydrogen) atoms. The highest BCUT2D eigenvalue weighted by molar-refractivity contribution is 5.89. The molecule has 2 N–H and O–H groups in total. The van der Waals surface area contributed by atoms with Crippen LogP contribution in [0.1, 0.15) is 12.2 Å². The summed E-state index contributed by atoms with van der Waals surface area (Å²) in [6.07, 6.45) is 1.29. The predicted molar refractivity (Wildman–Crippen MR) is 61.3 cm³/mol. The Morgan fingerprint density at radius 2 is 2.21 bits per heavy atom. The van der Waals surface area contributed by atoms with E-state index in [1.54, 1.807) is 12.1 Å². The molecule has 1 amide bonds. The normalized spacial score (nSPS) is 20.5. The zero-order chi connectivity index (χ0) is 14.0. The van der Waals surface area contributed by atoms with Gasteiger partial charge in [-0.15, -0.1) is 0 Å². The molecule has 2 heterocycles. The number of carboxylic acid groups (broad SMARTS) is 2. The van der Waals surface area contributed by atoms with E-state index in [0.717, 1.165) is 4.90 Å². The molecule has 0 bridgehead atoms. The van der Waals surface area contributed by atoms with Crippen molar-refractivity contribution in [3.63, 3.8) is 0 Å².